The molecule has 2 atom stereocenters. The number of hydrogen-bond donors (Lipinski definition) is 0. The third-order valence-corrected chi connectivity index (χ3v) is 5.14. The van der Waals surface area contributed by atoms with Crippen LogP contribution < -0.4 is 16.1 Å². The molecule has 0 unspecified atom stereocenters. The van der Waals surface area contributed by atoms with Gasteiger partial charge in [-0.1, -0.05) is 18.2 Å². The molecule has 1 aromatic carbocycles. The lowest BCUT2D eigenvalue weighted by molar-refractivity contribution is -0.119. The fourth-order valence-corrected chi connectivity index (χ4v) is 3.87. The van der Waals surface area contributed by atoms with E-state index in [0.29, 0.717) is 24.0 Å². The minimum atomic E-state index is -1.09. The zero-order valence-corrected chi connectivity index (χ0v) is 14.9. The fourth-order valence-electron chi connectivity index (χ4n) is 3.87. The molecule has 1 saturated heterocycles. The van der Waals surface area contributed by atoms with Gasteiger partial charge in [0.15, 0.2) is 0 Å². The maximum absolute atomic E-state index is 14.1. The van der Waals surface area contributed by atoms with Gasteiger partial charge in [-0.2, -0.15) is 4.39 Å². The Morgan fingerprint density at radius 2 is 2.07 bits per heavy atom. The number of carbonyl (C=O) groups is 1. The van der Waals surface area contributed by atoms with Gasteiger partial charge in [-0.15, -0.1) is 0 Å². The Morgan fingerprint density at radius 1 is 1.30 bits per heavy atom. The molecule has 1 fully saturated rings. The minimum absolute atomic E-state index is 0.0976. The van der Waals surface area contributed by atoms with Crippen LogP contribution >= 0.6 is 0 Å². The van der Waals surface area contributed by atoms with Crippen LogP contribution in [0.15, 0.2) is 40.1 Å². The monoisotopic (exact) mass is 373 g/mol. The molecule has 3 heterocycles. The highest BCUT2D eigenvalue weighted by Gasteiger charge is 2.31. The Kier molecular flexibility index (Phi) is 4.43. The lowest BCUT2D eigenvalue weighted by atomic mass is 10.1. The number of anilines is 1. The molecule has 0 aliphatic carbocycles. The molecular weight excluding hydrogens is 353 g/mol. The fraction of sp³-hybridized carbons (Fsp3) is 0.421. The first kappa shape index (κ1) is 17.7. The standard InChI is InChI=1S/C19H20FN3O4/c1-12-9-13-5-2-3-6-15(13)23(12)16(24)11-22-18(25)14(20)10-21(19(22)26)17-7-4-8-27-17/h2-3,5-6,10,12,17H,4,7-9,11H2,1H3/t12-,17-/m1/s1. The average Bonchev–Trinajstić information content (AvgIpc) is 3.28. The molecule has 142 valence electrons. The van der Waals surface area contributed by atoms with E-state index >= 15 is 0 Å². The van der Waals surface area contributed by atoms with E-state index in [4.69, 9.17) is 4.74 Å². The molecule has 8 heteroatoms. The second kappa shape index (κ2) is 6.77. The van der Waals surface area contributed by atoms with Crippen molar-refractivity contribution in [2.45, 2.75) is 45.0 Å². The Balaban J connectivity index is 1.69. The number of rotatable bonds is 3. The van der Waals surface area contributed by atoms with Crippen LogP contribution in [0.1, 0.15) is 31.6 Å². The molecule has 2 aliphatic heterocycles. The van der Waals surface area contributed by atoms with Crippen molar-refractivity contribution in [1.82, 2.24) is 9.13 Å². The molecule has 0 spiro atoms. The number of para-hydroxylation sites is 1. The van der Waals surface area contributed by atoms with Crippen LogP contribution in [0.25, 0.3) is 0 Å². The van der Waals surface area contributed by atoms with Crippen molar-refractivity contribution < 1.29 is 13.9 Å². The van der Waals surface area contributed by atoms with Gasteiger partial charge < -0.3 is 9.64 Å². The summed E-state index contributed by atoms with van der Waals surface area (Å²) in [5.41, 5.74) is -0.0369. The van der Waals surface area contributed by atoms with Crippen molar-refractivity contribution in [2.24, 2.45) is 0 Å². The predicted octanol–water partition coefficient (Wildman–Crippen LogP) is 1.44. The number of aromatic nitrogens is 2. The molecule has 1 aromatic heterocycles. The summed E-state index contributed by atoms with van der Waals surface area (Å²) >= 11 is 0. The van der Waals surface area contributed by atoms with Crippen LogP contribution in [-0.4, -0.2) is 27.7 Å². The third kappa shape index (κ3) is 2.99. The van der Waals surface area contributed by atoms with Gasteiger partial charge in [0.2, 0.25) is 11.7 Å². The van der Waals surface area contributed by atoms with Gasteiger partial charge in [0.1, 0.15) is 12.8 Å². The number of benzene rings is 1. The summed E-state index contributed by atoms with van der Waals surface area (Å²) in [4.78, 5) is 39.4. The summed E-state index contributed by atoms with van der Waals surface area (Å²) < 4.78 is 21.3. The lowest BCUT2D eigenvalue weighted by Gasteiger charge is -2.23. The van der Waals surface area contributed by atoms with Crippen molar-refractivity contribution in [1.29, 1.82) is 0 Å². The van der Waals surface area contributed by atoms with E-state index in [1.807, 2.05) is 31.2 Å². The predicted molar refractivity (Wildman–Crippen MR) is 96.2 cm³/mol. The summed E-state index contributed by atoms with van der Waals surface area (Å²) in [7, 11) is 0. The highest BCUT2D eigenvalue weighted by Crippen LogP contribution is 2.31. The Bertz CT molecular complexity index is 1010. The number of carbonyl (C=O) groups excluding carboxylic acids is 1. The number of halogens is 1. The lowest BCUT2D eigenvalue weighted by Crippen LogP contribution is -2.47. The second-order valence-electron chi connectivity index (χ2n) is 6.97. The van der Waals surface area contributed by atoms with Gasteiger partial charge in [-0.05, 0) is 37.8 Å². The van der Waals surface area contributed by atoms with Crippen LogP contribution in [0, 0.1) is 5.82 Å². The molecule has 0 saturated carbocycles. The van der Waals surface area contributed by atoms with E-state index in [2.05, 4.69) is 0 Å². The van der Waals surface area contributed by atoms with E-state index in [1.165, 1.54) is 0 Å². The first-order valence-corrected chi connectivity index (χ1v) is 9.00. The van der Waals surface area contributed by atoms with E-state index in [0.717, 1.165) is 28.4 Å². The number of fused-ring (bicyclic) bond motifs is 1. The Morgan fingerprint density at radius 3 is 2.81 bits per heavy atom. The molecule has 27 heavy (non-hydrogen) atoms. The largest absolute Gasteiger partial charge is 0.358 e. The Hall–Kier alpha value is -2.74. The van der Waals surface area contributed by atoms with Gasteiger partial charge in [0, 0.05) is 18.3 Å². The average molecular weight is 373 g/mol. The molecule has 2 aliphatic rings. The number of nitrogens with zero attached hydrogens (tertiary/aromatic N) is 3. The zero-order chi connectivity index (χ0) is 19.1. The third-order valence-electron chi connectivity index (χ3n) is 5.14. The van der Waals surface area contributed by atoms with Crippen molar-refractivity contribution in [3.8, 4) is 0 Å². The summed E-state index contributed by atoms with van der Waals surface area (Å²) in [6.45, 7) is 1.86. The maximum Gasteiger partial charge on any atom is 0.333 e. The molecule has 0 radical (unpaired) electrons. The van der Waals surface area contributed by atoms with Crippen molar-refractivity contribution >= 4 is 11.6 Å². The van der Waals surface area contributed by atoms with Gasteiger partial charge in [-0.25, -0.2) is 9.36 Å². The summed E-state index contributed by atoms with van der Waals surface area (Å²) in [5, 5.41) is 0. The van der Waals surface area contributed by atoms with Crippen molar-refractivity contribution in [3.63, 3.8) is 0 Å². The summed E-state index contributed by atoms with van der Waals surface area (Å²) in [6.07, 6.45) is 2.26. The first-order valence-electron chi connectivity index (χ1n) is 9.00. The highest BCUT2D eigenvalue weighted by atomic mass is 19.1. The quantitative estimate of drug-likeness (QED) is 0.816. The summed E-state index contributed by atoms with van der Waals surface area (Å²) in [6, 6.07) is 7.40. The first-order chi connectivity index (χ1) is 13.0. The smallest absolute Gasteiger partial charge is 0.333 e. The number of amides is 1. The molecular formula is C19H20FN3O4. The van der Waals surface area contributed by atoms with Crippen LogP contribution in [0.5, 0.6) is 0 Å². The SMILES string of the molecule is C[C@@H]1Cc2ccccc2N1C(=O)Cn1c(=O)c(F)cn([C@H]2CCCO2)c1=O. The molecule has 4 rings (SSSR count). The van der Waals surface area contributed by atoms with Gasteiger partial charge in [0.25, 0.3) is 5.56 Å². The molecule has 7 nitrogen and oxygen atoms in total. The number of ether oxygens (including phenoxy) is 1. The molecule has 0 N–H and O–H groups in total. The van der Waals surface area contributed by atoms with Crippen molar-refractivity contribution in [3.05, 3.63) is 62.7 Å². The van der Waals surface area contributed by atoms with Crippen LogP contribution in [-0.2, 0) is 22.5 Å². The highest BCUT2D eigenvalue weighted by molar-refractivity contribution is 5.96. The Labute approximate surface area is 154 Å². The summed E-state index contributed by atoms with van der Waals surface area (Å²) in [5.74, 6) is -1.50. The van der Waals surface area contributed by atoms with Crippen molar-refractivity contribution in [2.75, 3.05) is 11.5 Å². The second-order valence-corrected chi connectivity index (χ2v) is 6.97. The van der Waals surface area contributed by atoms with Gasteiger partial charge >= 0.3 is 5.69 Å². The topological polar surface area (TPSA) is 73.5 Å². The maximum atomic E-state index is 14.1. The number of hydrogen-bond acceptors (Lipinski definition) is 4. The van der Waals surface area contributed by atoms with E-state index in [-0.39, 0.29) is 6.04 Å². The zero-order valence-electron chi connectivity index (χ0n) is 14.9. The van der Waals surface area contributed by atoms with E-state index in [9.17, 15) is 18.8 Å². The van der Waals surface area contributed by atoms with Gasteiger partial charge in [-0.3, -0.25) is 14.2 Å². The molecule has 0 bridgehead atoms. The minimum Gasteiger partial charge on any atom is -0.358 e. The van der Waals surface area contributed by atoms with Crippen LogP contribution in [0.2, 0.25) is 0 Å². The van der Waals surface area contributed by atoms with E-state index < -0.39 is 35.7 Å². The van der Waals surface area contributed by atoms with Crippen LogP contribution in [0.4, 0.5) is 10.1 Å². The van der Waals surface area contributed by atoms with Gasteiger partial charge in [0.05, 0.1) is 6.20 Å². The van der Waals surface area contributed by atoms with Crippen LogP contribution in [0.3, 0.4) is 0 Å². The molecule has 1 amide bonds. The normalized spacial score (nSPS) is 21.5. The molecule has 2 aromatic rings. The van der Waals surface area contributed by atoms with E-state index in [1.54, 1.807) is 4.90 Å².